The second-order valence-corrected chi connectivity index (χ2v) is 4.76. The zero-order valence-electron chi connectivity index (χ0n) is 11.0. The summed E-state index contributed by atoms with van der Waals surface area (Å²) < 4.78 is 5.20. The smallest absolute Gasteiger partial charge is 0.174 e. The zero-order valence-corrected chi connectivity index (χ0v) is 11.7. The first kappa shape index (κ1) is 14.4. The van der Waals surface area contributed by atoms with Crippen molar-refractivity contribution in [1.82, 2.24) is 5.32 Å². The highest BCUT2D eigenvalue weighted by Gasteiger charge is 1.97. The van der Waals surface area contributed by atoms with Crippen molar-refractivity contribution in [3.05, 3.63) is 64.7 Å². The highest BCUT2D eigenvalue weighted by molar-refractivity contribution is 6.30. The Labute approximate surface area is 123 Å². The molecule has 0 spiro atoms. The third-order valence-corrected chi connectivity index (χ3v) is 3.05. The Morgan fingerprint density at radius 1 is 0.950 bits per heavy atom. The van der Waals surface area contributed by atoms with Gasteiger partial charge < -0.3 is 10.1 Å². The van der Waals surface area contributed by atoms with Crippen LogP contribution in [0.4, 0.5) is 0 Å². The Kier molecular flexibility index (Phi) is 5.43. The number of nitriles is 1. The maximum Gasteiger partial charge on any atom is 0.174 e. The van der Waals surface area contributed by atoms with E-state index in [1.54, 1.807) is 0 Å². The van der Waals surface area contributed by atoms with Gasteiger partial charge in [-0.1, -0.05) is 35.9 Å². The van der Waals surface area contributed by atoms with Crippen molar-refractivity contribution >= 4 is 11.6 Å². The zero-order chi connectivity index (χ0) is 14.2. The molecule has 0 aliphatic rings. The second-order valence-electron chi connectivity index (χ2n) is 4.32. The number of benzene rings is 2. The van der Waals surface area contributed by atoms with E-state index >= 15 is 0 Å². The summed E-state index contributed by atoms with van der Waals surface area (Å²) >= 11 is 5.84. The molecule has 0 unspecified atom stereocenters. The Morgan fingerprint density at radius 3 is 2.05 bits per heavy atom. The third-order valence-electron chi connectivity index (χ3n) is 2.80. The molecule has 0 bridgehead atoms. The summed E-state index contributed by atoms with van der Waals surface area (Å²) in [5.41, 5.74) is 2.37. The summed E-state index contributed by atoms with van der Waals surface area (Å²) in [6.45, 7) is 1.65. The minimum absolute atomic E-state index is 0.0775. The van der Waals surface area contributed by atoms with Gasteiger partial charge in [0.25, 0.3) is 0 Å². The molecule has 2 aromatic rings. The van der Waals surface area contributed by atoms with Crippen LogP contribution in [0.3, 0.4) is 0 Å². The van der Waals surface area contributed by atoms with E-state index in [1.807, 2.05) is 54.6 Å². The van der Waals surface area contributed by atoms with Gasteiger partial charge >= 0.3 is 0 Å². The molecule has 0 heterocycles. The number of nitrogens with zero attached hydrogens (tertiary/aromatic N) is 1. The van der Waals surface area contributed by atoms with Crippen LogP contribution in [0.25, 0.3) is 0 Å². The van der Waals surface area contributed by atoms with Gasteiger partial charge in [-0.05, 0) is 35.4 Å². The molecular formula is C16H15ClN2O. The average Bonchev–Trinajstić information content (AvgIpc) is 2.48. The van der Waals surface area contributed by atoms with Crippen LogP contribution in [0.1, 0.15) is 11.1 Å². The molecule has 0 radical (unpaired) electrons. The lowest BCUT2D eigenvalue weighted by Gasteiger charge is -2.06. The summed E-state index contributed by atoms with van der Waals surface area (Å²) in [4.78, 5) is 0. The van der Waals surface area contributed by atoms with E-state index in [2.05, 4.69) is 5.32 Å². The third kappa shape index (κ3) is 4.58. The summed E-state index contributed by atoms with van der Waals surface area (Å²) in [6, 6.07) is 17.5. The highest BCUT2D eigenvalue weighted by atomic mass is 35.5. The molecular weight excluding hydrogens is 272 g/mol. The largest absolute Gasteiger partial charge is 0.479 e. The van der Waals surface area contributed by atoms with Crippen molar-refractivity contribution in [3.63, 3.8) is 0 Å². The molecule has 0 aliphatic heterocycles. The van der Waals surface area contributed by atoms with Crippen LogP contribution in [-0.4, -0.2) is 6.61 Å². The molecule has 2 aromatic carbocycles. The molecule has 0 amide bonds. The highest BCUT2D eigenvalue weighted by Crippen LogP contribution is 2.12. The molecule has 0 aromatic heterocycles. The minimum atomic E-state index is 0.0775. The van der Waals surface area contributed by atoms with Crippen LogP contribution in [0.15, 0.2) is 48.5 Å². The number of halogens is 1. The average molecular weight is 287 g/mol. The molecule has 4 heteroatoms. The molecule has 0 aliphatic carbocycles. The van der Waals surface area contributed by atoms with Crippen LogP contribution in [0, 0.1) is 11.3 Å². The minimum Gasteiger partial charge on any atom is -0.479 e. The number of hydrogen-bond donors (Lipinski definition) is 1. The number of hydrogen-bond acceptors (Lipinski definition) is 3. The van der Waals surface area contributed by atoms with Crippen molar-refractivity contribution in [2.75, 3.05) is 6.61 Å². The van der Waals surface area contributed by atoms with E-state index in [0.717, 1.165) is 18.1 Å². The lowest BCUT2D eigenvalue weighted by molar-refractivity contribution is 0.368. The molecule has 0 saturated carbocycles. The van der Waals surface area contributed by atoms with E-state index in [-0.39, 0.29) is 6.61 Å². The second kappa shape index (κ2) is 7.54. The molecule has 0 atom stereocenters. The molecule has 0 saturated heterocycles. The van der Waals surface area contributed by atoms with Crippen molar-refractivity contribution in [2.24, 2.45) is 0 Å². The van der Waals surface area contributed by atoms with E-state index in [0.29, 0.717) is 5.75 Å². The van der Waals surface area contributed by atoms with E-state index in [1.165, 1.54) is 11.1 Å². The lowest BCUT2D eigenvalue weighted by Crippen LogP contribution is -2.12. The first-order chi connectivity index (χ1) is 9.78. The van der Waals surface area contributed by atoms with Crippen molar-refractivity contribution < 1.29 is 4.74 Å². The van der Waals surface area contributed by atoms with Crippen LogP contribution in [0.5, 0.6) is 5.75 Å². The molecule has 3 nitrogen and oxygen atoms in total. The number of rotatable bonds is 6. The van der Waals surface area contributed by atoms with Crippen molar-refractivity contribution in [3.8, 4) is 11.8 Å². The van der Waals surface area contributed by atoms with Gasteiger partial charge in [0.05, 0.1) is 0 Å². The fourth-order valence-electron chi connectivity index (χ4n) is 1.77. The predicted octanol–water partition coefficient (Wildman–Crippen LogP) is 3.53. The summed E-state index contributed by atoms with van der Waals surface area (Å²) in [5, 5.41) is 12.5. The number of nitrogens with one attached hydrogen (secondary N) is 1. The standard InChI is InChI=1S/C16H15ClN2O/c17-15-5-1-13(2-6-15)11-19-12-14-3-7-16(8-4-14)20-10-9-18/h1-8,19H,10-12H2. The summed E-state index contributed by atoms with van der Waals surface area (Å²) in [5.74, 6) is 0.716. The van der Waals surface area contributed by atoms with E-state index in [4.69, 9.17) is 21.6 Å². The van der Waals surface area contributed by atoms with Crippen LogP contribution in [0.2, 0.25) is 5.02 Å². The SMILES string of the molecule is N#CCOc1ccc(CNCc2ccc(Cl)cc2)cc1. The molecule has 2 rings (SSSR count). The first-order valence-electron chi connectivity index (χ1n) is 6.32. The molecule has 20 heavy (non-hydrogen) atoms. The summed E-state index contributed by atoms with van der Waals surface area (Å²) in [7, 11) is 0. The van der Waals surface area contributed by atoms with Crippen LogP contribution >= 0.6 is 11.6 Å². The van der Waals surface area contributed by atoms with E-state index in [9.17, 15) is 0 Å². The van der Waals surface area contributed by atoms with Gasteiger partial charge in [0.2, 0.25) is 0 Å². The predicted molar refractivity (Wildman–Crippen MR) is 79.5 cm³/mol. The van der Waals surface area contributed by atoms with Crippen molar-refractivity contribution in [1.29, 1.82) is 5.26 Å². The Morgan fingerprint density at radius 2 is 1.50 bits per heavy atom. The molecule has 0 fully saturated rings. The normalized spacial score (nSPS) is 10.0. The van der Waals surface area contributed by atoms with Gasteiger partial charge in [-0.3, -0.25) is 0 Å². The van der Waals surface area contributed by atoms with E-state index < -0.39 is 0 Å². The summed E-state index contributed by atoms with van der Waals surface area (Å²) in [6.07, 6.45) is 0. The van der Waals surface area contributed by atoms with Gasteiger partial charge in [-0.15, -0.1) is 0 Å². The first-order valence-corrected chi connectivity index (χ1v) is 6.69. The fraction of sp³-hybridized carbons (Fsp3) is 0.188. The van der Waals surface area contributed by atoms with Crippen LogP contribution in [-0.2, 0) is 13.1 Å². The topological polar surface area (TPSA) is 45.0 Å². The number of ether oxygens (including phenoxy) is 1. The maximum absolute atomic E-state index is 8.43. The molecule has 1 N–H and O–H groups in total. The van der Waals surface area contributed by atoms with Gasteiger partial charge in [0.1, 0.15) is 11.8 Å². The quantitative estimate of drug-likeness (QED) is 0.883. The van der Waals surface area contributed by atoms with Crippen LogP contribution < -0.4 is 10.1 Å². The fourth-order valence-corrected chi connectivity index (χ4v) is 1.90. The van der Waals surface area contributed by atoms with Gasteiger partial charge in [0.15, 0.2) is 6.61 Å². The van der Waals surface area contributed by atoms with Gasteiger partial charge in [-0.25, -0.2) is 0 Å². The van der Waals surface area contributed by atoms with Gasteiger partial charge in [-0.2, -0.15) is 5.26 Å². The molecule has 102 valence electrons. The Bertz CT molecular complexity index is 573. The Hall–Kier alpha value is -2.02. The Balaban J connectivity index is 1.79. The maximum atomic E-state index is 8.43. The van der Waals surface area contributed by atoms with Gasteiger partial charge in [0, 0.05) is 18.1 Å². The van der Waals surface area contributed by atoms with Crippen molar-refractivity contribution in [2.45, 2.75) is 13.1 Å². The lowest BCUT2D eigenvalue weighted by atomic mass is 10.2. The monoisotopic (exact) mass is 286 g/mol.